The highest BCUT2D eigenvalue weighted by molar-refractivity contribution is 6.35. The zero-order valence-corrected chi connectivity index (χ0v) is 9.00. The highest BCUT2D eigenvalue weighted by atomic mass is 16.5. The van der Waals surface area contributed by atoms with Crippen LogP contribution in [-0.2, 0) is 9.53 Å². The molecule has 0 rings (SSSR count). The number of hydrogen-bond donors (Lipinski definition) is 0. The summed E-state index contributed by atoms with van der Waals surface area (Å²) in [5.41, 5.74) is 0.387. The van der Waals surface area contributed by atoms with Gasteiger partial charge in [-0.25, -0.2) is 4.79 Å². The molecule has 0 aromatic rings. The quantitative estimate of drug-likeness (QED) is 0.377. The molecule has 0 saturated heterocycles. The summed E-state index contributed by atoms with van der Waals surface area (Å²) in [5.74, 6) is -0.352. The summed E-state index contributed by atoms with van der Waals surface area (Å²) >= 11 is 0. The summed E-state index contributed by atoms with van der Waals surface area (Å²) in [4.78, 5) is 11.1. The van der Waals surface area contributed by atoms with Gasteiger partial charge in [-0.15, -0.1) is 0 Å². The lowest BCUT2D eigenvalue weighted by molar-refractivity contribution is -0.135. The molecule has 0 aromatic carbocycles. The molecule has 76 valence electrons. The van der Waals surface area contributed by atoms with Crippen LogP contribution < -0.4 is 0 Å². The van der Waals surface area contributed by atoms with Crippen LogP contribution in [-0.4, -0.2) is 36.4 Å². The Kier molecular flexibility index (Phi) is 5.11. The molecule has 0 saturated carbocycles. The van der Waals surface area contributed by atoms with E-state index in [1.807, 2.05) is 20.9 Å². The molecular formula is C9H18N2O2. The van der Waals surface area contributed by atoms with Crippen LogP contribution in [0.1, 0.15) is 27.7 Å². The van der Waals surface area contributed by atoms with Crippen LogP contribution in [0.5, 0.6) is 0 Å². The van der Waals surface area contributed by atoms with Crippen molar-refractivity contribution >= 4 is 11.7 Å². The fraction of sp³-hybridized carbons (Fsp3) is 0.778. The molecule has 4 nitrogen and oxygen atoms in total. The van der Waals surface area contributed by atoms with Gasteiger partial charge in [-0.3, -0.25) is 5.01 Å². The van der Waals surface area contributed by atoms with E-state index in [2.05, 4.69) is 5.10 Å². The Hall–Kier alpha value is -1.06. The summed E-state index contributed by atoms with van der Waals surface area (Å²) < 4.78 is 4.79. The minimum atomic E-state index is -0.352. The van der Waals surface area contributed by atoms with E-state index in [9.17, 15) is 4.79 Å². The molecule has 4 heteroatoms. The number of ether oxygens (including phenoxy) is 1. The molecule has 13 heavy (non-hydrogen) atoms. The molecule has 0 aliphatic heterocycles. The average molecular weight is 186 g/mol. The topological polar surface area (TPSA) is 41.9 Å². The molecule has 0 aliphatic rings. The lowest BCUT2D eigenvalue weighted by atomic mass is 10.4. The van der Waals surface area contributed by atoms with E-state index in [0.717, 1.165) is 0 Å². The SMILES string of the molecule is CCOC(=O)/C(C)=N/N(C)C(C)C. The Balaban J connectivity index is 4.22. The Morgan fingerprint density at radius 2 is 2.08 bits per heavy atom. The molecule has 0 amide bonds. The summed E-state index contributed by atoms with van der Waals surface area (Å²) in [5, 5.41) is 5.80. The predicted molar refractivity (Wildman–Crippen MR) is 52.6 cm³/mol. The number of esters is 1. The fourth-order valence-electron chi connectivity index (χ4n) is 0.628. The van der Waals surface area contributed by atoms with Crippen LogP contribution in [0, 0.1) is 0 Å². The van der Waals surface area contributed by atoms with Gasteiger partial charge < -0.3 is 4.74 Å². The van der Waals surface area contributed by atoms with Crippen LogP contribution >= 0.6 is 0 Å². The smallest absolute Gasteiger partial charge is 0.354 e. The van der Waals surface area contributed by atoms with E-state index < -0.39 is 0 Å². The van der Waals surface area contributed by atoms with Crippen molar-refractivity contribution in [3.63, 3.8) is 0 Å². The summed E-state index contributed by atoms with van der Waals surface area (Å²) in [6.45, 7) is 7.81. The number of carbonyl (C=O) groups is 1. The van der Waals surface area contributed by atoms with Crippen molar-refractivity contribution in [2.24, 2.45) is 5.10 Å². The zero-order chi connectivity index (χ0) is 10.4. The van der Waals surface area contributed by atoms with Gasteiger partial charge in [0.2, 0.25) is 0 Å². The van der Waals surface area contributed by atoms with Crippen molar-refractivity contribution in [3.05, 3.63) is 0 Å². The maximum Gasteiger partial charge on any atom is 0.354 e. The van der Waals surface area contributed by atoms with Gasteiger partial charge in [0.1, 0.15) is 5.71 Å². The molecule has 0 aromatic heterocycles. The van der Waals surface area contributed by atoms with Gasteiger partial charge in [-0.2, -0.15) is 5.10 Å². The van der Waals surface area contributed by atoms with E-state index in [1.54, 1.807) is 18.9 Å². The molecule has 0 fully saturated rings. The largest absolute Gasteiger partial charge is 0.461 e. The molecule has 0 radical (unpaired) electrons. The van der Waals surface area contributed by atoms with Gasteiger partial charge in [-0.1, -0.05) is 0 Å². The number of hydrogen-bond acceptors (Lipinski definition) is 4. The fourth-order valence-corrected chi connectivity index (χ4v) is 0.628. The third-order valence-electron chi connectivity index (χ3n) is 1.63. The first kappa shape index (κ1) is 11.9. The Labute approximate surface area is 79.6 Å². The third kappa shape index (κ3) is 4.50. The number of hydrazone groups is 1. The highest BCUT2D eigenvalue weighted by Gasteiger charge is 2.08. The van der Waals surface area contributed by atoms with Gasteiger partial charge in [0, 0.05) is 13.1 Å². The Morgan fingerprint density at radius 1 is 1.54 bits per heavy atom. The van der Waals surface area contributed by atoms with E-state index in [0.29, 0.717) is 12.3 Å². The van der Waals surface area contributed by atoms with Crippen LogP contribution in [0.2, 0.25) is 0 Å². The van der Waals surface area contributed by atoms with E-state index in [1.165, 1.54) is 0 Å². The van der Waals surface area contributed by atoms with E-state index >= 15 is 0 Å². The minimum Gasteiger partial charge on any atom is -0.461 e. The van der Waals surface area contributed by atoms with Crippen molar-refractivity contribution in [1.82, 2.24) is 5.01 Å². The molecule has 0 spiro atoms. The minimum absolute atomic E-state index is 0.282. The van der Waals surface area contributed by atoms with Crippen LogP contribution in [0.3, 0.4) is 0 Å². The van der Waals surface area contributed by atoms with Crippen molar-refractivity contribution in [1.29, 1.82) is 0 Å². The van der Waals surface area contributed by atoms with Crippen LogP contribution in [0.15, 0.2) is 5.10 Å². The second kappa shape index (κ2) is 5.56. The van der Waals surface area contributed by atoms with Crippen molar-refractivity contribution in [2.75, 3.05) is 13.7 Å². The summed E-state index contributed by atoms with van der Waals surface area (Å²) in [6.07, 6.45) is 0. The van der Waals surface area contributed by atoms with Gasteiger partial charge >= 0.3 is 5.97 Å². The lowest BCUT2D eigenvalue weighted by Crippen LogP contribution is -2.25. The monoisotopic (exact) mass is 186 g/mol. The third-order valence-corrected chi connectivity index (χ3v) is 1.63. The number of carbonyl (C=O) groups excluding carboxylic acids is 1. The molecule has 0 bridgehead atoms. The van der Waals surface area contributed by atoms with Gasteiger partial charge in [0.15, 0.2) is 0 Å². The number of rotatable bonds is 4. The standard InChI is InChI=1S/C9H18N2O2/c1-6-13-9(12)8(4)10-11(5)7(2)3/h7H,6H2,1-5H3/b10-8+. The summed E-state index contributed by atoms with van der Waals surface area (Å²) in [6, 6.07) is 0.282. The molecule has 0 unspecified atom stereocenters. The second-order valence-electron chi connectivity index (χ2n) is 3.07. The zero-order valence-electron chi connectivity index (χ0n) is 9.00. The normalized spacial score (nSPS) is 11.7. The maximum absolute atomic E-state index is 11.1. The molecule has 0 heterocycles. The Morgan fingerprint density at radius 3 is 2.46 bits per heavy atom. The van der Waals surface area contributed by atoms with Crippen LogP contribution in [0.25, 0.3) is 0 Å². The van der Waals surface area contributed by atoms with Crippen molar-refractivity contribution < 1.29 is 9.53 Å². The van der Waals surface area contributed by atoms with Crippen LogP contribution in [0.4, 0.5) is 0 Å². The van der Waals surface area contributed by atoms with E-state index in [-0.39, 0.29) is 12.0 Å². The van der Waals surface area contributed by atoms with Gasteiger partial charge in [0.05, 0.1) is 6.61 Å². The molecule has 0 atom stereocenters. The summed E-state index contributed by atoms with van der Waals surface area (Å²) in [7, 11) is 1.83. The van der Waals surface area contributed by atoms with Gasteiger partial charge in [-0.05, 0) is 27.7 Å². The second-order valence-corrected chi connectivity index (χ2v) is 3.07. The molecule has 0 aliphatic carbocycles. The van der Waals surface area contributed by atoms with E-state index in [4.69, 9.17) is 4.74 Å². The maximum atomic E-state index is 11.1. The lowest BCUT2D eigenvalue weighted by Gasteiger charge is -2.17. The molecule has 0 N–H and O–H groups in total. The first-order valence-corrected chi connectivity index (χ1v) is 4.44. The van der Waals surface area contributed by atoms with Crippen molar-refractivity contribution in [2.45, 2.75) is 33.7 Å². The first-order chi connectivity index (χ1) is 5.99. The highest BCUT2D eigenvalue weighted by Crippen LogP contribution is 1.95. The Bertz CT molecular complexity index is 200. The first-order valence-electron chi connectivity index (χ1n) is 4.44. The van der Waals surface area contributed by atoms with Gasteiger partial charge in [0.25, 0.3) is 0 Å². The number of nitrogens with zero attached hydrogens (tertiary/aromatic N) is 2. The van der Waals surface area contributed by atoms with Crippen molar-refractivity contribution in [3.8, 4) is 0 Å². The predicted octanol–water partition coefficient (Wildman–Crippen LogP) is 1.27. The average Bonchev–Trinajstić information content (AvgIpc) is 2.04. The molecular weight excluding hydrogens is 168 g/mol.